The normalized spacial score (nSPS) is 21.5. The molecule has 1 fully saturated rings. The SMILES string of the molecule is Cc1ccc(NC(=O)C2CC2C(=O)O)c(C)c1C. The molecule has 1 aliphatic carbocycles. The number of rotatable bonds is 3. The summed E-state index contributed by atoms with van der Waals surface area (Å²) in [5, 5.41) is 11.6. The van der Waals surface area contributed by atoms with Gasteiger partial charge in [-0.1, -0.05) is 6.07 Å². The van der Waals surface area contributed by atoms with Crippen LogP contribution in [0.4, 0.5) is 5.69 Å². The average Bonchev–Trinajstić information content (AvgIpc) is 3.10. The van der Waals surface area contributed by atoms with Gasteiger partial charge in [-0.15, -0.1) is 0 Å². The van der Waals surface area contributed by atoms with Crippen molar-refractivity contribution >= 4 is 17.6 Å². The van der Waals surface area contributed by atoms with Gasteiger partial charge in [-0.25, -0.2) is 0 Å². The predicted octanol–water partition coefficient (Wildman–Crippen LogP) is 2.27. The molecule has 2 N–H and O–H groups in total. The smallest absolute Gasteiger partial charge is 0.307 e. The highest BCUT2D eigenvalue weighted by Crippen LogP contribution is 2.39. The third kappa shape index (κ3) is 2.23. The number of amides is 1. The zero-order valence-corrected chi connectivity index (χ0v) is 10.8. The maximum absolute atomic E-state index is 11.9. The first kappa shape index (κ1) is 12.6. The second kappa shape index (κ2) is 4.44. The molecular formula is C14H17NO3. The molecule has 1 amide bonds. The fourth-order valence-corrected chi connectivity index (χ4v) is 2.07. The highest BCUT2D eigenvalue weighted by Gasteiger charge is 2.48. The summed E-state index contributed by atoms with van der Waals surface area (Å²) in [6.07, 6.45) is 0.449. The van der Waals surface area contributed by atoms with E-state index in [1.165, 1.54) is 5.56 Å². The van der Waals surface area contributed by atoms with Gasteiger partial charge in [-0.2, -0.15) is 0 Å². The number of aryl methyl sites for hydroxylation is 1. The number of hydrogen-bond acceptors (Lipinski definition) is 2. The molecule has 1 aromatic rings. The number of carboxylic acid groups (broad SMARTS) is 1. The molecule has 1 aliphatic rings. The van der Waals surface area contributed by atoms with E-state index in [2.05, 4.69) is 5.32 Å². The third-order valence-corrected chi connectivity index (χ3v) is 3.76. The molecule has 0 aliphatic heterocycles. The molecule has 0 aromatic heterocycles. The summed E-state index contributed by atoms with van der Waals surface area (Å²) in [5.41, 5.74) is 4.15. The lowest BCUT2D eigenvalue weighted by Gasteiger charge is -2.12. The van der Waals surface area contributed by atoms with Crippen molar-refractivity contribution in [3.63, 3.8) is 0 Å². The lowest BCUT2D eigenvalue weighted by molar-refractivity contribution is -0.139. The van der Waals surface area contributed by atoms with Gasteiger partial charge < -0.3 is 10.4 Å². The van der Waals surface area contributed by atoms with Crippen LogP contribution in [-0.2, 0) is 9.59 Å². The topological polar surface area (TPSA) is 66.4 Å². The van der Waals surface area contributed by atoms with Crippen LogP contribution in [0.2, 0.25) is 0 Å². The minimum absolute atomic E-state index is 0.186. The summed E-state index contributed by atoms with van der Waals surface area (Å²) in [5.74, 6) is -1.94. The van der Waals surface area contributed by atoms with Crippen molar-refractivity contribution in [1.29, 1.82) is 0 Å². The van der Waals surface area contributed by atoms with Crippen LogP contribution in [0.25, 0.3) is 0 Å². The van der Waals surface area contributed by atoms with E-state index in [0.717, 1.165) is 16.8 Å². The van der Waals surface area contributed by atoms with Crippen LogP contribution < -0.4 is 5.32 Å². The molecule has 0 radical (unpaired) electrons. The zero-order valence-electron chi connectivity index (χ0n) is 10.8. The molecule has 1 saturated carbocycles. The Bertz CT molecular complexity index is 522. The Kier molecular flexibility index (Phi) is 3.11. The molecule has 4 heteroatoms. The number of nitrogens with one attached hydrogen (secondary N) is 1. The van der Waals surface area contributed by atoms with E-state index in [9.17, 15) is 9.59 Å². The Hall–Kier alpha value is -1.84. The van der Waals surface area contributed by atoms with Crippen LogP contribution in [0.15, 0.2) is 12.1 Å². The highest BCUT2D eigenvalue weighted by atomic mass is 16.4. The monoisotopic (exact) mass is 247 g/mol. The van der Waals surface area contributed by atoms with Crippen molar-refractivity contribution in [1.82, 2.24) is 0 Å². The second-order valence-electron chi connectivity index (χ2n) is 4.96. The number of anilines is 1. The minimum atomic E-state index is -0.882. The fourth-order valence-electron chi connectivity index (χ4n) is 2.07. The predicted molar refractivity (Wildman–Crippen MR) is 68.5 cm³/mol. The molecule has 0 bridgehead atoms. The van der Waals surface area contributed by atoms with Crippen LogP contribution >= 0.6 is 0 Å². The first-order valence-electron chi connectivity index (χ1n) is 6.02. The van der Waals surface area contributed by atoms with Crippen LogP contribution in [0, 0.1) is 32.6 Å². The number of aliphatic carboxylic acids is 1. The first-order chi connectivity index (χ1) is 8.41. The number of carboxylic acids is 1. The summed E-state index contributed by atoms with van der Waals surface area (Å²) in [4.78, 5) is 22.6. The number of benzene rings is 1. The molecule has 2 rings (SSSR count). The van der Waals surface area contributed by atoms with Crippen molar-refractivity contribution in [2.24, 2.45) is 11.8 Å². The molecular weight excluding hydrogens is 230 g/mol. The quantitative estimate of drug-likeness (QED) is 0.861. The molecule has 4 nitrogen and oxygen atoms in total. The Morgan fingerprint density at radius 3 is 2.39 bits per heavy atom. The van der Waals surface area contributed by atoms with Gasteiger partial charge in [0.2, 0.25) is 5.91 Å². The van der Waals surface area contributed by atoms with E-state index in [1.807, 2.05) is 32.9 Å². The minimum Gasteiger partial charge on any atom is -0.481 e. The van der Waals surface area contributed by atoms with E-state index < -0.39 is 11.9 Å². The van der Waals surface area contributed by atoms with Gasteiger partial charge in [0.1, 0.15) is 0 Å². The zero-order chi connectivity index (χ0) is 13.4. The lowest BCUT2D eigenvalue weighted by Crippen LogP contribution is -2.17. The van der Waals surface area contributed by atoms with Crippen LogP contribution in [0.3, 0.4) is 0 Å². The van der Waals surface area contributed by atoms with Crippen LogP contribution in [0.1, 0.15) is 23.1 Å². The van der Waals surface area contributed by atoms with Crippen molar-refractivity contribution < 1.29 is 14.7 Å². The maximum Gasteiger partial charge on any atom is 0.307 e. The van der Waals surface area contributed by atoms with Gasteiger partial charge in [0.05, 0.1) is 11.8 Å². The summed E-state index contributed by atoms with van der Waals surface area (Å²) < 4.78 is 0. The van der Waals surface area contributed by atoms with Gasteiger partial charge in [0.25, 0.3) is 0 Å². The van der Waals surface area contributed by atoms with Crippen LogP contribution in [-0.4, -0.2) is 17.0 Å². The third-order valence-electron chi connectivity index (χ3n) is 3.76. The number of hydrogen-bond donors (Lipinski definition) is 2. The van der Waals surface area contributed by atoms with Crippen molar-refractivity contribution in [2.75, 3.05) is 5.32 Å². The van der Waals surface area contributed by atoms with E-state index in [-0.39, 0.29) is 11.8 Å². The van der Waals surface area contributed by atoms with E-state index in [0.29, 0.717) is 6.42 Å². The Labute approximate surface area is 106 Å². The fraction of sp³-hybridized carbons (Fsp3) is 0.429. The number of carbonyl (C=O) groups excluding carboxylic acids is 1. The van der Waals surface area contributed by atoms with E-state index in [4.69, 9.17) is 5.11 Å². The maximum atomic E-state index is 11.9. The summed E-state index contributed by atoms with van der Waals surface area (Å²) in [7, 11) is 0. The lowest BCUT2D eigenvalue weighted by atomic mass is 10.0. The van der Waals surface area contributed by atoms with Gasteiger partial charge in [0, 0.05) is 5.69 Å². The van der Waals surface area contributed by atoms with Gasteiger partial charge in [0.15, 0.2) is 0 Å². The average molecular weight is 247 g/mol. The van der Waals surface area contributed by atoms with E-state index >= 15 is 0 Å². The second-order valence-corrected chi connectivity index (χ2v) is 4.96. The van der Waals surface area contributed by atoms with E-state index in [1.54, 1.807) is 0 Å². The van der Waals surface area contributed by atoms with Gasteiger partial charge in [-0.05, 0) is 49.9 Å². The standard InChI is InChI=1S/C14H17NO3/c1-7-4-5-12(9(3)8(7)2)15-13(16)10-6-11(10)14(17)18/h4-5,10-11H,6H2,1-3H3,(H,15,16)(H,17,18). The Morgan fingerprint density at radius 1 is 1.17 bits per heavy atom. The molecule has 1 aromatic carbocycles. The van der Waals surface area contributed by atoms with Gasteiger partial charge >= 0.3 is 5.97 Å². The summed E-state index contributed by atoms with van der Waals surface area (Å²) >= 11 is 0. The highest BCUT2D eigenvalue weighted by molar-refractivity contribution is 5.98. The first-order valence-corrected chi connectivity index (χ1v) is 6.02. The summed E-state index contributed by atoms with van der Waals surface area (Å²) in [6.45, 7) is 5.99. The van der Waals surface area contributed by atoms with Crippen molar-refractivity contribution in [3.8, 4) is 0 Å². The molecule has 96 valence electrons. The molecule has 2 unspecified atom stereocenters. The Morgan fingerprint density at radius 2 is 1.83 bits per heavy atom. The largest absolute Gasteiger partial charge is 0.481 e. The van der Waals surface area contributed by atoms with Crippen molar-refractivity contribution in [2.45, 2.75) is 27.2 Å². The van der Waals surface area contributed by atoms with Crippen molar-refractivity contribution in [3.05, 3.63) is 28.8 Å². The molecule has 2 atom stereocenters. The molecule has 18 heavy (non-hydrogen) atoms. The Balaban J connectivity index is 2.09. The molecule has 0 spiro atoms. The number of carbonyl (C=O) groups is 2. The van der Waals surface area contributed by atoms with Gasteiger partial charge in [-0.3, -0.25) is 9.59 Å². The van der Waals surface area contributed by atoms with Crippen LogP contribution in [0.5, 0.6) is 0 Å². The summed E-state index contributed by atoms with van der Waals surface area (Å²) in [6, 6.07) is 3.83. The molecule has 0 heterocycles. The molecule has 0 saturated heterocycles.